The minimum Gasteiger partial charge on any atom is -0.323 e. The van der Waals surface area contributed by atoms with Gasteiger partial charge in [-0.15, -0.1) is 5.10 Å². The maximum absolute atomic E-state index is 13.0. The molecule has 1 aromatic heterocycles. The molecular weight excluding hydrogens is 431 g/mol. The molecular formula is C20H16F3N5O2S. The van der Waals surface area contributed by atoms with Crippen LogP contribution in [-0.2, 0) is 15.8 Å². The number of thioether (sulfide) groups is 1. The number of hydrogen-bond donors (Lipinski definition) is 1. The van der Waals surface area contributed by atoms with Gasteiger partial charge in [0.05, 0.1) is 27.9 Å². The second-order valence-electron chi connectivity index (χ2n) is 6.77. The van der Waals surface area contributed by atoms with Gasteiger partial charge in [0, 0.05) is 0 Å². The molecule has 11 heteroatoms. The number of anilines is 2. The maximum Gasteiger partial charge on any atom is 0.416 e. The second kappa shape index (κ2) is 8.06. The van der Waals surface area contributed by atoms with Crippen molar-refractivity contribution in [3.8, 4) is 5.69 Å². The van der Waals surface area contributed by atoms with E-state index in [0.29, 0.717) is 5.16 Å². The molecule has 1 aliphatic heterocycles. The molecule has 160 valence electrons. The fourth-order valence-electron chi connectivity index (χ4n) is 3.10. The van der Waals surface area contributed by atoms with Crippen LogP contribution in [0.4, 0.5) is 24.5 Å². The summed E-state index contributed by atoms with van der Waals surface area (Å²) in [6.07, 6.45) is -3.03. The van der Waals surface area contributed by atoms with Crippen LogP contribution in [0.1, 0.15) is 12.5 Å². The third kappa shape index (κ3) is 4.41. The SMILES string of the molecule is C[C@H](Sc1ncn(-c2ccccc2)n1)C(=O)N1CC(=O)Nc2cc(C(F)(F)F)ccc21. The largest absolute Gasteiger partial charge is 0.416 e. The van der Waals surface area contributed by atoms with Crippen LogP contribution in [-0.4, -0.2) is 38.4 Å². The fourth-order valence-corrected chi connectivity index (χ4v) is 3.89. The van der Waals surface area contributed by atoms with Crippen LogP contribution >= 0.6 is 11.8 Å². The van der Waals surface area contributed by atoms with Gasteiger partial charge in [0.25, 0.3) is 0 Å². The number of aromatic nitrogens is 3. The van der Waals surface area contributed by atoms with Crippen LogP contribution in [0, 0.1) is 0 Å². The number of amides is 2. The summed E-state index contributed by atoms with van der Waals surface area (Å²) in [5.74, 6) is -0.999. The number of carbonyl (C=O) groups is 2. The Labute approximate surface area is 179 Å². The Balaban J connectivity index is 1.53. The number of para-hydroxylation sites is 1. The van der Waals surface area contributed by atoms with Gasteiger partial charge in [0.1, 0.15) is 12.9 Å². The zero-order valence-corrected chi connectivity index (χ0v) is 16.9. The lowest BCUT2D eigenvalue weighted by atomic mass is 10.1. The Kier molecular flexibility index (Phi) is 5.44. The number of rotatable bonds is 4. The molecule has 0 aliphatic carbocycles. The monoisotopic (exact) mass is 447 g/mol. The third-order valence-electron chi connectivity index (χ3n) is 4.58. The predicted octanol–water partition coefficient (Wildman–Crippen LogP) is 3.75. The molecule has 0 unspecified atom stereocenters. The summed E-state index contributed by atoms with van der Waals surface area (Å²) >= 11 is 1.10. The lowest BCUT2D eigenvalue weighted by Crippen LogP contribution is -2.45. The fraction of sp³-hybridized carbons (Fsp3) is 0.200. The zero-order valence-electron chi connectivity index (χ0n) is 16.1. The van der Waals surface area contributed by atoms with Gasteiger partial charge in [-0.3, -0.25) is 14.5 Å². The summed E-state index contributed by atoms with van der Waals surface area (Å²) in [4.78, 5) is 30.4. The summed E-state index contributed by atoms with van der Waals surface area (Å²) in [6.45, 7) is 1.35. The van der Waals surface area contributed by atoms with E-state index in [1.54, 1.807) is 11.6 Å². The lowest BCUT2D eigenvalue weighted by Gasteiger charge is -2.31. The summed E-state index contributed by atoms with van der Waals surface area (Å²) < 4.78 is 40.6. The first kappa shape index (κ1) is 20.9. The highest BCUT2D eigenvalue weighted by Gasteiger charge is 2.35. The number of benzene rings is 2. The molecule has 0 saturated carbocycles. The van der Waals surface area contributed by atoms with Gasteiger partial charge in [0.15, 0.2) is 0 Å². The minimum atomic E-state index is -4.56. The van der Waals surface area contributed by atoms with Crippen molar-refractivity contribution in [1.29, 1.82) is 0 Å². The first-order valence-electron chi connectivity index (χ1n) is 9.18. The Morgan fingerprint density at radius 2 is 1.94 bits per heavy atom. The smallest absolute Gasteiger partial charge is 0.323 e. The van der Waals surface area contributed by atoms with Crippen molar-refractivity contribution >= 4 is 35.0 Å². The molecule has 2 heterocycles. The normalized spacial score (nSPS) is 14.7. The van der Waals surface area contributed by atoms with Gasteiger partial charge in [0.2, 0.25) is 17.0 Å². The van der Waals surface area contributed by atoms with E-state index in [1.165, 1.54) is 17.3 Å². The van der Waals surface area contributed by atoms with Crippen molar-refractivity contribution in [2.75, 3.05) is 16.8 Å². The summed E-state index contributed by atoms with van der Waals surface area (Å²) in [6, 6.07) is 12.2. The Bertz CT molecular complexity index is 1130. The summed E-state index contributed by atoms with van der Waals surface area (Å²) in [5.41, 5.74) is 0.0674. The second-order valence-corrected chi connectivity index (χ2v) is 8.08. The van der Waals surface area contributed by atoms with Crippen molar-refractivity contribution < 1.29 is 22.8 Å². The first-order valence-corrected chi connectivity index (χ1v) is 10.1. The number of alkyl halides is 3. The van der Waals surface area contributed by atoms with E-state index >= 15 is 0 Å². The van der Waals surface area contributed by atoms with Gasteiger partial charge in [-0.2, -0.15) is 13.2 Å². The van der Waals surface area contributed by atoms with Crippen molar-refractivity contribution in [3.05, 3.63) is 60.4 Å². The Morgan fingerprint density at radius 3 is 2.65 bits per heavy atom. The van der Waals surface area contributed by atoms with Gasteiger partial charge < -0.3 is 5.32 Å². The number of fused-ring (bicyclic) bond motifs is 1. The van der Waals surface area contributed by atoms with Gasteiger partial charge in [-0.25, -0.2) is 9.67 Å². The van der Waals surface area contributed by atoms with E-state index in [9.17, 15) is 22.8 Å². The number of nitrogens with zero attached hydrogens (tertiary/aromatic N) is 4. The molecule has 0 fully saturated rings. The van der Waals surface area contributed by atoms with Crippen molar-refractivity contribution in [1.82, 2.24) is 14.8 Å². The Morgan fingerprint density at radius 1 is 1.19 bits per heavy atom. The topological polar surface area (TPSA) is 80.1 Å². The molecule has 2 aromatic carbocycles. The number of nitrogens with one attached hydrogen (secondary N) is 1. The van der Waals surface area contributed by atoms with E-state index in [4.69, 9.17) is 0 Å². The molecule has 0 bridgehead atoms. The molecule has 1 N–H and O–H groups in total. The first-order chi connectivity index (χ1) is 14.7. The van der Waals surface area contributed by atoms with E-state index in [0.717, 1.165) is 29.6 Å². The molecule has 0 spiro atoms. The average molecular weight is 447 g/mol. The highest BCUT2D eigenvalue weighted by atomic mass is 32.2. The predicted molar refractivity (Wildman–Crippen MR) is 109 cm³/mol. The zero-order chi connectivity index (χ0) is 22.2. The quantitative estimate of drug-likeness (QED) is 0.617. The van der Waals surface area contributed by atoms with E-state index < -0.39 is 28.8 Å². The highest BCUT2D eigenvalue weighted by Crippen LogP contribution is 2.37. The van der Waals surface area contributed by atoms with Crippen LogP contribution in [0.5, 0.6) is 0 Å². The number of carbonyl (C=O) groups excluding carboxylic acids is 2. The molecule has 0 radical (unpaired) electrons. The molecule has 1 aliphatic rings. The molecule has 0 saturated heterocycles. The standard InChI is InChI=1S/C20H16F3N5O2S/c1-12(31-19-24-11-28(26-19)14-5-3-2-4-6-14)18(30)27-10-17(29)25-15-9-13(20(21,22)23)7-8-16(15)27/h2-9,11-12H,10H2,1H3,(H,25,29)/t12-/m0/s1. The van der Waals surface area contributed by atoms with Crippen LogP contribution in [0.15, 0.2) is 60.0 Å². The minimum absolute atomic E-state index is 0.0527. The van der Waals surface area contributed by atoms with Crippen molar-refractivity contribution in [2.24, 2.45) is 0 Å². The van der Waals surface area contributed by atoms with Gasteiger partial charge >= 0.3 is 6.18 Å². The van der Waals surface area contributed by atoms with Crippen molar-refractivity contribution in [3.63, 3.8) is 0 Å². The highest BCUT2D eigenvalue weighted by molar-refractivity contribution is 8.00. The summed E-state index contributed by atoms with van der Waals surface area (Å²) in [5, 5.41) is 6.43. The molecule has 1 atom stereocenters. The molecule has 3 aromatic rings. The maximum atomic E-state index is 13.0. The van der Waals surface area contributed by atoms with E-state index in [1.807, 2.05) is 30.3 Å². The lowest BCUT2D eigenvalue weighted by molar-refractivity contribution is -0.137. The van der Waals surface area contributed by atoms with Crippen LogP contribution in [0.3, 0.4) is 0 Å². The van der Waals surface area contributed by atoms with Gasteiger partial charge in [-0.1, -0.05) is 30.0 Å². The van der Waals surface area contributed by atoms with Crippen LogP contribution in [0.2, 0.25) is 0 Å². The van der Waals surface area contributed by atoms with E-state index in [2.05, 4.69) is 15.4 Å². The molecule has 7 nitrogen and oxygen atoms in total. The number of halogens is 3. The molecule has 2 amide bonds. The molecule has 4 rings (SSSR count). The number of hydrogen-bond acceptors (Lipinski definition) is 5. The molecule has 31 heavy (non-hydrogen) atoms. The average Bonchev–Trinajstić information content (AvgIpc) is 3.20. The Hall–Kier alpha value is -3.34. The van der Waals surface area contributed by atoms with Crippen LogP contribution in [0.25, 0.3) is 5.69 Å². The third-order valence-corrected chi connectivity index (χ3v) is 5.53. The summed E-state index contributed by atoms with van der Waals surface area (Å²) in [7, 11) is 0. The van der Waals surface area contributed by atoms with Crippen LogP contribution < -0.4 is 10.2 Å². The van der Waals surface area contributed by atoms with E-state index in [-0.39, 0.29) is 17.9 Å². The van der Waals surface area contributed by atoms with Gasteiger partial charge in [-0.05, 0) is 37.3 Å². The van der Waals surface area contributed by atoms with Crippen molar-refractivity contribution in [2.45, 2.75) is 23.5 Å².